The predicted molar refractivity (Wildman–Crippen MR) is 114 cm³/mol. The second-order valence-electron chi connectivity index (χ2n) is 6.12. The zero-order valence-corrected chi connectivity index (χ0v) is 18.1. The molecule has 0 aliphatic heterocycles. The molecule has 152 valence electrons. The van der Waals surface area contributed by atoms with Crippen LogP contribution in [0.2, 0.25) is 20.1 Å². The molecule has 3 aromatic carbocycles. The van der Waals surface area contributed by atoms with Gasteiger partial charge in [0.2, 0.25) is 0 Å². The van der Waals surface area contributed by atoms with Crippen molar-refractivity contribution in [1.29, 1.82) is 0 Å². The largest absolute Gasteiger partial charge is 0.508 e. The minimum atomic E-state index is -5.02. The number of benzene rings is 3. The summed E-state index contributed by atoms with van der Waals surface area (Å²) in [4.78, 5) is 0. The van der Waals surface area contributed by atoms with Gasteiger partial charge in [0, 0.05) is 10.6 Å². The van der Waals surface area contributed by atoms with Crippen LogP contribution >= 0.6 is 46.4 Å². The van der Waals surface area contributed by atoms with Gasteiger partial charge in [0.05, 0.1) is 15.1 Å². The standard InChI is InChI=1S/C19H12Cl4O5S/c20-12-8-14(18(23)16(22)9-12)19(29(26,27)28,10-1-4-13(24)5-2-10)11-3-6-15(21)17(25)7-11/h1-9,24-25H,(H,26,27,28). The number of phenols is 2. The van der Waals surface area contributed by atoms with Gasteiger partial charge in [-0.3, -0.25) is 4.55 Å². The van der Waals surface area contributed by atoms with Crippen molar-refractivity contribution in [3.05, 3.63) is 91.4 Å². The molecule has 1 unspecified atom stereocenters. The lowest BCUT2D eigenvalue weighted by Gasteiger charge is -2.33. The van der Waals surface area contributed by atoms with E-state index in [-0.39, 0.29) is 42.5 Å². The first-order chi connectivity index (χ1) is 13.5. The first kappa shape index (κ1) is 22.0. The Morgan fingerprint density at radius 1 is 0.759 bits per heavy atom. The van der Waals surface area contributed by atoms with Crippen LogP contribution in [0.4, 0.5) is 0 Å². The van der Waals surface area contributed by atoms with Crippen LogP contribution in [0, 0.1) is 0 Å². The second kappa shape index (κ2) is 7.87. The Kier molecular flexibility index (Phi) is 5.98. The summed E-state index contributed by atoms with van der Waals surface area (Å²) in [6.45, 7) is 0. The maximum absolute atomic E-state index is 12.9. The first-order valence-corrected chi connectivity index (χ1v) is 10.8. The minimum absolute atomic E-state index is 0.0137. The summed E-state index contributed by atoms with van der Waals surface area (Å²) in [7, 11) is -5.02. The molecule has 0 aliphatic carbocycles. The zero-order valence-electron chi connectivity index (χ0n) is 14.3. The fourth-order valence-electron chi connectivity index (χ4n) is 3.15. The van der Waals surface area contributed by atoms with E-state index < -0.39 is 20.6 Å². The lowest BCUT2D eigenvalue weighted by molar-refractivity contribution is 0.455. The normalized spacial score (nSPS) is 13.8. The van der Waals surface area contributed by atoms with E-state index in [1.807, 2.05) is 0 Å². The molecule has 5 nitrogen and oxygen atoms in total. The molecule has 1 atom stereocenters. The van der Waals surface area contributed by atoms with E-state index in [9.17, 15) is 23.2 Å². The van der Waals surface area contributed by atoms with Crippen LogP contribution in [0.1, 0.15) is 16.7 Å². The van der Waals surface area contributed by atoms with Crippen molar-refractivity contribution >= 4 is 56.5 Å². The SMILES string of the molecule is O=S(=O)(O)C(c1ccc(O)cc1)(c1ccc(Cl)c(O)c1)c1cc(Cl)cc(Cl)c1Cl. The molecule has 10 heteroatoms. The van der Waals surface area contributed by atoms with Gasteiger partial charge in [-0.05, 0) is 47.5 Å². The number of aromatic hydroxyl groups is 2. The topological polar surface area (TPSA) is 94.8 Å². The maximum atomic E-state index is 12.9. The number of phenolic OH excluding ortho intramolecular Hbond substituents is 2. The third kappa shape index (κ3) is 3.77. The molecule has 0 bridgehead atoms. The number of halogens is 4. The summed E-state index contributed by atoms with van der Waals surface area (Å²) < 4.78 is 34.0. The third-order valence-corrected chi connectivity index (χ3v) is 7.19. The van der Waals surface area contributed by atoms with E-state index in [0.29, 0.717) is 0 Å². The smallest absolute Gasteiger partial charge is 0.283 e. The minimum Gasteiger partial charge on any atom is -0.508 e. The molecule has 0 spiro atoms. The Morgan fingerprint density at radius 2 is 1.34 bits per heavy atom. The van der Waals surface area contributed by atoms with Gasteiger partial charge in [-0.2, -0.15) is 8.42 Å². The quantitative estimate of drug-likeness (QED) is 0.239. The Hall–Kier alpha value is -1.67. The Bertz CT molecular complexity index is 1200. The van der Waals surface area contributed by atoms with Gasteiger partial charge in [-0.15, -0.1) is 0 Å². The van der Waals surface area contributed by atoms with Gasteiger partial charge >= 0.3 is 0 Å². The Labute approximate surface area is 186 Å². The fourth-order valence-corrected chi connectivity index (χ4v) is 5.37. The molecule has 0 saturated carbocycles. The van der Waals surface area contributed by atoms with Crippen LogP contribution in [-0.4, -0.2) is 23.2 Å². The van der Waals surface area contributed by atoms with Crippen molar-refractivity contribution in [2.75, 3.05) is 0 Å². The summed E-state index contributed by atoms with van der Waals surface area (Å²) in [5.74, 6) is -0.549. The molecule has 0 aliphatic rings. The number of hydrogen-bond donors (Lipinski definition) is 3. The molecule has 0 heterocycles. The van der Waals surface area contributed by atoms with Crippen LogP contribution < -0.4 is 0 Å². The van der Waals surface area contributed by atoms with Crippen LogP contribution in [0.5, 0.6) is 11.5 Å². The number of rotatable bonds is 4. The highest BCUT2D eigenvalue weighted by atomic mass is 35.5. The molecule has 0 aromatic heterocycles. The molecule has 3 N–H and O–H groups in total. The van der Waals surface area contributed by atoms with Gasteiger partial charge in [-0.25, -0.2) is 0 Å². The van der Waals surface area contributed by atoms with Crippen molar-refractivity contribution in [3.63, 3.8) is 0 Å². The number of hydrogen-bond acceptors (Lipinski definition) is 4. The van der Waals surface area contributed by atoms with E-state index in [2.05, 4.69) is 0 Å². The summed E-state index contributed by atoms with van der Waals surface area (Å²) >= 11 is 24.5. The predicted octanol–water partition coefficient (Wildman–Crippen LogP) is 5.89. The molecular formula is C19H12Cl4O5S. The Morgan fingerprint density at radius 3 is 1.90 bits per heavy atom. The maximum Gasteiger partial charge on any atom is 0.283 e. The summed E-state index contributed by atoms with van der Waals surface area (Å²) in [5.41, 5.74) is -0.209. The van der Waals surface area contributed by atoms with Gasteiger partial charge < -0.3 is 10.2 Å². The van der Waals surface area contributed by atoms with Crippen molar-refractivity contribution in [2.24, 2.45) is 0 Å². The highest BCUT2D eigenvalue weighted by Crippen LogP contribution is 2.49. The fraction of sp³-hybridized carbons (Fsp3) is 0.0526. The van der Waals surface area contributed by atoms with Gasteiger partial charge in [0.15, 0.2) is 4.75 Å². The van der Waals surface area contributed by atoms with Crippen LogP contribution in [0.15, 0.2) is 54.6 Å². The van der Waals surface area contributed by atoms with E-state index in [0.717, 1.165) is 6.07 Å². The summed E-state index contributed by atoms with van der Waals surface area (Å²) in [6, 6.07) is 11.3. The summed E-state index contributed by atoms with van der Waals surface area (Å²) in [5, 5.41) is 19.6. The van der Waals surface area contributed by atoms with Gasteiger partial charge in [-0.1, -0.05) is 64.6 Å². The molecule has 3 aromatic rings. The van der Waals surface area contributed by atoms with Crippen molar-refractivity contribution in [3.8, 4) is 11.5 Å². The van der Waals surface area contributed by atoms with Crippen molar-refractivity contribution in [2.45, 2.75) is 4.75 Å². The highest BCUT2D eigenvalue weighted by molar-refractivity contribution is 7.87. The van der Waals surface area contributed by atoms with Crippen LogP contribution in [-0.2, 0) is 14.9 Å². The monoisotopic (exact) mass is 492 g/mol. The van der Waals surface area contributed by atoms with E-state index >= 15 is 0 Å². The molecule has 0 saturated heterocycles. The third-order valence-electron chi connectivity index (χ3n) is 4.39. The second-order valence-corrected chi connectivity index (χ2v) is 9.31. The summed E-state index contributed by atoms with van der Waals surface area (Å²) in [6.07, 6.45) is 0. The van der Waals surface area contributed by atoms with Crippen LogP contribution in [0.3, 0.4) is 0 Å². The molecule has 0 amide bonds. The van der Waals surface area contributed by atoms with Gasteiger partial charge in [0.25, 0.3) is 10.1 Å². The van der Waals surface area contributed by atoms with Crippen LogP contribution in [0.25, 0.3) is 0 Å². The van der Waals surface area contributed by atoms with E-state index in [1.54, 1.807) is 0 Å². The molecular weight excluding hydrogens is 482 g/mol. The molecule has 0 radical (unpaired) electrons. The Balaban J connectivity index is 2.58. The average molecular weight is 494 g/mol. The average Bonchev–Trinajstić information content (AvgIpc) is 2.62. The molecule has 29 heavy (non-hydrogen) atoms. The lowest BCUT2D eigenvalue weighted by Crippen LogP contribution is -2.38. The lowest BCUT2D eigenvalue weighted by atomic mass is 9.83. The molecule has 3 rings (SSSR count). The first-order valence-electron chi connectivity index (χ1n) is 7.89. The van der Waals surface area contributed by atoms with Crippen molar-refractivity contribution in [1.82, 2.24) is 0 Å². The van der Waals surface area contributed by atoms with E-state index in [1.165, 1.54) is 48.5 Å². The zero-order chi connectivity index (χ0) is 21.6. The van der Waals surface area contributed by atoms with Crippen molar-refractivity contribution < 1.29 is 23.2 Å². The van der Waals surface area contributed by atoms with Gasteiger partial charge in [0.1, 0.15) is 11.5 Å². The van der Waals surface area contributed by atoms with E-state index in [4.69, 9.17) is 46.4 Å². The highest BCUT2D eigenvalue weighted by Gasteiger charge is 2.50. The molecule has 0 fully saturated rings.